The van der Waals surface area contributed by atoms with E-state index < -0.39 is 33.6 Å². The Kier molecular flexibility index (Phi) is 7.96. The van der Waals surface area contributed by atoms with Gasteiger partial charge in [-0.3, -0.25) is 9.59 Å². The lowest BCUT2D eigenvalue weighted by atomic mass is 9.97. The fourth-order valence-electron chi connectivity index (χ4n) is 2.01. The van der Waals surface area contributed by atoms with Crippen LogP contribution in [0.1, 0.15) is 32.8 Å². The summed E-state index contributed by atoms with van der Waals surface area (Å²) in [6.45, 7) is 5.31. The first-order valence-corrected chi connectivity index (χ1v) is 9.00. The maximum absolute atomic E-state index is 12.4. The van der Waals surface area contributed by atoms with Crippen LogP contribution < -0.4 is 0 Å². The first kappa shape index (κ1) is 21.0. The minimum Gasteiger partial charge on any atom is -0.468 e. The van der Waals surface area contributed by atoms with Crippen LogP contribution in [0.5, 0.6) is 0 Å². The van der Waals surface area contributed by atoms with E-state index in [0.29, 0.717) is 12.8 Å². The van der Waals surface area contributed by atoms with Crippen molar-refractivity contribution >= 4 is 28.6 Å². The second-order valence-corrected chi connectivity index (χ2v) is 8.31. The number of benzene rings is 1. The Bertz CT molecular complexity index is 633. The quantitative estimate of drug-likeness (QED) is 0.420. The molecular weight excluding hydrogens is 342 g/mol. The number of rotatable bonds is 7. The molecule has 1 aromatic carbocycles. The van der Waals surface area contributed by atoms with Crippen LogP contribution in [0.4, 0.5) is 0 Å². The van der Waals surface area contributed by atoms with Crippen molar-refractivity contribution in [1.82, 2.24) is 0 Å². The molecule has 0 heterocycles. The van der Waals surface area contributed by atoms with E-state index in [4.69, 9.17) is 9.47 Å². The van der Waals surface area contributed by atoms with Crippen molar-refractivity contribution in [2.24, 2.45) is 10.3 Å². The Morgan fingerprint density at radius 3 is 2.04 bits per heavy atom. The molecule has 0 aliphatic rings. The normalized spacial score (nSPS) is 13.4. The summed E-state index contributed by atoms with van der Waals surface area (Å²) >= 11 is 0. The summed E-state index contributed by atoms with van der Waals surface area (Å²) in [6.07, 6.45) is 0.839. The van der Waals surface area contributed by atoms with Gasteiger partial charge in [-0.1, -0.05) is 30.3 Å². The molecule has 0 N–H and O–H groups in total. The van der Waals surface area contributed by atoms with Crippen molar-refractivity contribution in [3.8, 4) is 0 Å². The van der Waals surface area contributed by atoms with Crippen molar-refractivity contribution in [2.75, 3.05) is 14.2 Å². The van der Waals surface area contributed by atoms with Crippen LogP contribution in [-0.4, -0.2) is 40.8 Å². The largest absolute Gasteiger partial charge is 0.468 e. The first-order valence-electron chi connectivity index (χ1n) is 7.89. The van der Waals surface area contributed by atoms with Crippen LogP contribution in [0.25, 0.3) is 0 Å². The minimum absolute atomic E-state index is 0.204. The molecule has 138 valence electrons. The van der Waals surface area contributed by atoms with E-state index in [1.807, 2.05) is 30.3 Å². The van der Waals surface area contributed by atoms with Crippen molar-refractivity contribution in [3.05, 3.63) is 35.9 Å². The number of carbonyl (C=O) groups excluding carboxylic acids is 2. The highest BCUT2D eigenvalue weighted by atomic mass is 32.2. The third kappa shape index (κ3) is 6.42. The van der Waals surface area contributed by atoms with Crippen molar-refractivity contribution < 1.29 is 23.3 Å². The maximum atomic E-state index is 12.4. The number of aryl methyl sites for hydroxylation is 1. The van der Waals surface area contributed by atoms with Crippen LogP contribution >= 0.6 is 0 Å². The van der Waals surface area contributed by atoms with Gasteiger partial charge in [0.1, 0.15) is 11.0 Å². The van der Waals surface area contributed by atoms with Gasteiger partial charge in [0.05, 0.1) is 24.7 Å². The van der Waals surface area contributed by atoms with Crippen LogP contribution in [0.15, 0.2) is 34.7 Å². The number of methoxy groups -OCH3 is 2. The SMILES string of the molecule is COC(=O)C(C(=O)OC)/C(CCc1ccccc1)=N/S(=O)C(C)(C)C. The number of esters is 2. The molecule has 0 amide bonds. The second kappa shape index (κ2) is 9.46. The van der Waals surface area contributed by atoms with Gasteiger partial charge in [-0.25, -0.2) is 4.21 Å². The summed E-state index contributed by atoms with van der Waals surface area (Å²) in [7, 11) is 0.766. The predicted octanol–water partition coefficient (Wildman–Crippen LogP) is 2.48. The van der Waals surface area contributed by atoms with Crippen molar-refractivity contribution in [1.29, 1.82) is 0 Å². The minimum atomic E-state index is -1.61. The van der Waals surface area contributed by atoms with E-state index in [2.05, 4.69) is 4.40 Å². The molecule has 0 radical (unpaired) electrons. The molecule has 0 spiro atoms. The summed E-state index contributed by atoms with van der Waals surface area (Å²) < 4.78 is 25.4. The smallest absolute Gasteiger partial charge is 0.325 e. The topological polar surface area (TPSA) is 82.0 Å². The summed E-state index contributed by atoms with van der Waals surface area (Å²) in [4.78, 5) is 24.2. The molecule has 0 aliphatic heterocycles. The van der Waals surface area contributed by atoms with E-state index >= 15 is 0 Å². The van der Waals surface area contributed by atoms with Gasteiger partial charge in [0.15, 0.2) is 5.92 Å². The fraction of sp³-hybridized carbons (Fsp3) is 0.500. The average molecular weight is 367 g/mol. The predicted molar refractivity (Wildman–Crippen MR) is 97.6 cm³/mol. The van der Waals surface area contributed by atoms with Gasteiger partial charge < -0.3 is 9.47 Å². The third-order valence-corrected chi connectivity index (χ3v) is 4.89. The Balaban J connectivity index is 3.20. The van der Waals surface area contributed by atoms with Gasteiger partial charge in [-0.15, -0.1) is 0 Å². The average Bonchev–Trinajstić information content (AvgIpc) is 2.59. The van der Waals surface area contributed by atoms with Crippen molar-refractivity contribution in [3.63, 3.8) is 0 Å². The van der Waals surface area contributed by atoms with Crippen molar-refractivity contribution in [2.45, 2.75) is 38.4 Å². The zero-order valence-corrected chi connectivity index (χ0v) is 16.1. The van der Waals surface area contributed by atoms with Gasteiger partial charge in [-0.2, -0.15) is 4.40 Å². The molecule has 1 unspecified atom stereocenters. The Labute approximate surface area is 151 Å². The van der Waals surface area contributed by atoms with E-state index in [9.17, 15) is 13.8 Å². The third-order valence-electron chi connectivity index (χ3n) is 3.44. The first-order chi connectivity index (χ1) is 11.7. The van der Waals surface area contributed by atoms with E-state index in [1.165, 1.54) is 14.2 Å². The fourth-order valence-corrected chi connectivity index (χ4v) is 2.69. The molecule has 1 rings (SSSR count). The summed E-state index contributed by atoms with van der Waals surface area (Å²) in [5.41, 5.74) is 1.22. The van der Waals surface area contributed by atoms with Gasteiger partial charge in [0, 0.05) is 0 Å². The molecule has 6 nitrogen and oxygen atoms in total. The lowest BCUT2D eigenvalue weighted by molar-refractivity contribution is -0.155. The summed E-state index contributed by atoms with van der Waals surface area (Å²) in [5, 5.41) is 0. The van der Waals surface area contributed by atoms with Gasteiger partial charge in [0.25, 0.3) is 0 Å². The number of nitrogens with zero attached hydrogens (tertiary/aromatic N) is 1. The zero-order valence-electron chi connectivity index (χ0n) is 15.3. The molecule has 1 aromatic rings. The van der Waals surface area contributed by atoms with Gasteiger partial charge >= 0.3 is 11.9 Å². The molecule has 1 atom stereocenters. The van der Waals surface area contributed by atoms with E-state index in [-0.39, 0.29) is 5.71 Å². The number of hydrogen-bond donors (Lipinski definition) is 0. The highest BCUT2D eigenvalue weighted by Gasteiger charge is 2.35. The Morgan fingerprint density at radius 2 is 1.60 bits per heavy atom. The molecule has 0 aromatic heterocycles. The molecule has 0 saturated carbocycles. The summed E-state index contributed by atoms with van der Waals surface area (Å²) in [6, 6.07) is 9.57. The Hall–Kier alpha value is -2.02. The van der Waals surface area contributed by atoms with Crippen LogP contribution in [0.2, 0.25) is 0 Å². The number of carbonyl (C=O) groups is 2. The van der Waals surface area contributed by atoms with Crippen LogP contribution in [0, 0.1) is 5.92 Å². The second-order valence-electron chi connectivity index (χ2n) is 6.41. The van der Waals surface area contributed by atoms with Crippen LogP contribution in [0.3, 0.4) is 0 Å². The number of ether oxygens (including phenoxy) is 2. The lowest BCUT2D eigenvalue weighted by Crippen LogP contribution is -2.35. The highest BCUT2D eigenvalue weighted by molar-refractivity contribution is 7.85. The van der Waals surface area contributed by atoms with Crippen LogP contribution in [-0.2, 0) is 36.5 Å². The molecule has 0 saturated heterocycles. The molecular formula is C18H25NO5S. The monoisotopic (exact) mass is 367 g/mol. The van der Waals surface area contributed by atoms with E-state index in [0.717, 1.165) is 5.56 Å². The molecule has 0 fully saturated rings. The zero-order chi connectivity index (χ0) is 19.0. The molecule has 7 heteroatoms. The molecule has 0 bridgehead atoms. The molecule has 0 aliphatic carbocycles. The van der Waals surface area contributed by atoms with Gasteiger partial charge in [0.2, 0.25) is 0 Å². The maximum Gasteiger partial charge on any atom is 0.325 e. The van der Waals surface area contributed by atoms with Gasteiger partial charge in [-0.05, 0) is 39.2 Å². The lowest BCUT2D eigenvalue weighted by Gasteiger charge is -2.18. The van der Waals surface area contributed by atoms with E-state index in [1.54, 1.807) is 20.8 Å². The highest BCUT2D eigenvalue weighted by Crippen LogP contribution is 2.18. The standard InChI is InChI=1S/C18H25NO5S/c1-18(2,3)25(22)19-14(12-11-13-9-7-6-8-10-13)15(16(20)23-4)17(21)24-5/h6-10,15H,11-12H2,1-5H3/b19-14+. The summed E-state index contributed by atoms with van der Waals surface area (Å²) in [5.74, 6) is -2.86. The molecule has 25 heavy (non-hydrogen) atoms. The Morgan fingerprint density at radius 1 is 1.08 bits per heavy atom. The number of hydrogen-bond acceptors (Lipinski definition) is 5.